The molecule has 4 heteroatoms. The Kier molecular flexibility index (Phi) is 18.8. The summed E-state index contributed by atoms with van der Waals surface area (Å²) in [6.45, 7) is 14.7. The van der Waals surface area contributed by atoms with Crippen LogP contribution in [-0.4, -0.2) is 31.4 Å². The molecule has 0 N–H and O–H groups in total. The molecule has 180 valence electrons. The first-order valence-electron chi connectivity index (χ1n) is 12.9. The van der Waals surface area contributed by atoms with Gasteiger partial charge in [-0.05, 0) is 44.9 Å². The van der Waals surface area contributed by atoms with Crippen molar-refractivity contribution in [3.8, 4) is 0 Å². The van der Waals surface area contributed by atoms with E-state index in [-0.39, 0.29) is 0 Å². The van der Waals surface area contributed by atoms with Gasteiger partial charge in [0.25, 0.3) is 0 Å². The Balaban J connectivity index is 5.84. The maximum Gasteiger partial charge on any atom is 0.325 e. The highest BCUT2D eigenvalue weighted by molar-refractivity contribution is 4.94. The SMILES string of the molecule is CCC=COC(CCC)(CCCCCCCC)C(OCCC)(OCCC)OCCC. The van der Waals surface area contributed by atoms with E-state index in [0.717, 1.165) is 51.4 Å². The highest BCUT2D eigenvalue weighted by atomic mass is 16.9. The van der Waals surface area contributed by atoms with Gasteiger partial charge in [0.2, 0.25) is 0 Å². The first-order chi connectivity index (χ1) is 14.6. The Bertz CT molecular complexity index is 375. The van der Waals surface area contributed by atoms with Crippen molar-refractivity contribution < 1.29 is 18.9 Å². The highest BCUT2D eigenvalue weighted by Crippen LogP contribution is 2.42. The lowest BCUT2D eigenvalue weighted by Crippen LogP contribution is -2.61. The van der Waals surface area contributed by atoms with Crippen molar-refractivity contribution in [1.29, 1.82) is 0 Å². The molecule has 0 aromatic heterocycles. The van der Waals surface area contributed by atoms with Crippen LogP contribution in [0.4, 0.5) is 0 Å². The van der Waals surface area contributed by atoms with Gasteiger partial charge < -0.3 is 18.9 Å². The number of allylic oxidation sites excluding steroid dienone is 1. The Hall–Kier alpha value is -0.580. The second-order valence-corrected chi connectivity index (χ2v) is 8.26. The van der Waals surface area contributed by atoms with Gasteiger partial charge in [-0.2, -0.15) is 0 Å². The molecular weight excluding hydrogens is 376 g/mol. The lowest BCUT2D eigenvalue weighted by atomic mass is 9.87. The molecule has 0 fully saturated rings. The molecule has 0 rings (SSSR count). The average molecular weight is 429 g/mol. The summed E-state index contributed by atoms with van der Waals surface area (Å²) in [7, 11) is 0. The van der Waals surface area contributed by atoms with Crippen molar-refractivity contribution >= 4 is 0 Å². The zero-order valence-electron chi connectivity index (χ0n) is 21.1. The highest BCUT2D eigenvalue weighted by Gasteiger charge is 2.56. The molecule has 0 aromatic rings. The van der Waals surface area contributed by atoms with Crippen LogP contribution < -0.4 is 0 Å². The van der Waals surface area contributed by atoms with Crippen LogP contribution in [0.2, 0.25) is 0 Å². The smallest absolute Gasteiger partial charge is 0.325 e. The van der Waals surface area contributed by atoms with Gasteiger partial charge in [0.15, 0.2) is 5.60 Å². The van der Waals surface area contributed by atoms with Gasteiger partial charge in [-0.3, -0.25) is 0 Å². The topological polar surface area (TPSA) is 36.9 Å². The zero-order valence-corrected chi connectivity index (χ0v) is 21.1. The predicted molar refractivity (Wildman–Crippen MR) is 128 cm³/mol. The van der Waals surface area contributed by atoms with Crippen molar-refractivity contribution in [1.82, 2.24) is 0 Å². The van der Waals surface area contributed by atoms with Gasteiger partial charge >= 0.3 is 5.97 Å². The molecule has 30 heavy (non-hydrogen) atoms. The summed E-state index contributed by atoms with van der Waals surface area (Å²) in [5.41, 5.74) is -0.641. The fourth-order valence-electron chi connectivity index (χ4n) is 3.72. The quantitative estimate of drug-likeness (QED) is 0.0990. The number of ether oxygens (including phenoxy) is 4. The molecule has 0 heterocycles. The Morgan fingerprint density at radius 3 is 1.57 bits per heavy atom. The van der Waals surface area contributed by atoms with Crippen LogP contribution in [0, 0.1) is 0 Å². The van der Waals surface area contributed by atoms with Crippen LogP contribution in [0.15, 0.2) is 12.3 Å². The summed E-state index contributed by atoms with van der Waals surface area (Å²) in [5.74, 6) is -1.16. The maximum atomic E-state index is 6.54. The molecule has 0 saturated heterocycles. The van der Waals surface area contributed by atoms with Crippen molar-refractivity contribution in [3.05, 3.63) is 12.3 Å². The molecule has 0 aliphatic rings. The molecule has 0 spiro atoms. The van der Waals surface area contributed by atoms with E-state index in [1.54, 1.807) is 0 Å². The van der Waals surface area contributed by atoms with E-state index in [0.29, 0.717) is 19.8 Å². The Labute approximate surface area is 188 Å². The molecular formula is C26H52O4. The lowest BCUT2D eigenvalue weighted by Gasteiger charge is -2.48. The third-order valence-corrected chi connectivity index (χ3v) is 5.26. The van der Waals surface area contributed by atoms with Gasteiger partial charge in [-0.1, -0.05) is 86.1 Å². The summed E-state index contributed by atoms with van der Waals surface area (Å²) >= 11 is 0. The summed E-state index contributed by atoms with van der Waals surface area (Å²) in [4.78, 5) is 0. The maximum absolute atomic E-state index is 6.54. The van der Waals surface area contributed by atoms with Crippen LogP contribution in [0.3, 0.4) is 0 Å². The molecule has 1 unspecified atom stereocenters. The minimum absolute atomic E-state index is 0.593. The largest absolute Gasteiger partial charge is 0.487 e. The fraction of sp³-hybridized carbons (Fsp3) is 0.923. The van der Waals surface area contributed by atoms with Crippen LogP contribution in [0.5, 0.6) is 0 Å². The van der Waals surface area contributed by atoms with Crippen LogP contribution in [-0.2, 0) is 18.9 Å². The Morgan fingerprint density at radius 1 is 0.567 bits per heavy atom. The van der Waals surface area contributed by atoms with Gasteiger partial charge in [0.1, 0.15) is 0 Å². The fourth-order valence-corrected chi connectivity index (χ4v) is 3.72. The van der Waals surface area contributed by atoms with E-state index in [1.165, 1.54) is 32.1 Å². The van der Waals surface area contributed by atoms with E-state index in [1.807, 2.05) is 6.26 Å². The predicted octanol–water partition coefficient (Wildman–Crippen LogP) is 8.15. The Morgan fingerprint density at radius 2 is 1.10 bits per heavy atom. The van der Waals surface area contributed by atoms with E-state index in [4.69, 9.17) is 18.9 Å². The molecule has 0 aliphatic carbocycles. The molecule has 4 nitrogen and oxygen atoms in total. The normalized spacial score (nSPS) is 14.3. The molecule has 0 aliphatic heterocycles. The summed E-state index contributed by atoms with van der Waals surface area (Å²) in [5, 5.41) is 0. The van der Waals surface area contributed by atoms with E-state index >= 15 is 0 Å². The lowest BCUT2D eigenvalue weighted by molar-refractivity contribution is -0.444. The minimum Gasteiger partial charge on any atom is -0.487 e. The number of hydrogen-bond donors (Lipinski definition) is 0. The number of unbranched alkanes of at least 4 members (excludes halogenated alkanes) is 5. The second-order valence-electron chi connectivity index (χ2n) is 8.26. The summed E-state index contributed by atoms with van der Waals surface area (Å²) in [6.07, 6.45) is 17.8. The summed E-state index contributed by atoms with van der Waals surface area (Å²) < 4.78 is 25.8. The molecule has 1 atom stereocenters. The molecule has 0 bridgehead atoms. The van der Waals surface area contributed by atoms with Crippen molar-refractivity contribution in [3.63, 3.8) is 0 Å². The zero-order chi connectivity index (χ0) is 22.6. The third kappa shape index (κ3) is 10.6. The van der Waals surface area contributed by atoms with E-state index in [2.05, 4.69) is 47.6 Å². The van der Waals surface area contributed by atoms with Crippen LogP contribution >= 0.6 is 0 Å². The van der Waals surface area contributed by atoms with Gasteiger partial charge in [-0.15, -0.1) is 0 Å². The number of hydrogen-bond acceptors (Lipinski definition) is 4. The molecule has 0 aromatic carbocycles. The molecule has 0 amide bonds. The van der Waals surface area contributed by atoms with Gasteiger partial charge in [0, 0.05) is 0 Å². The summed E-state index contributed by atoms with van der Waals surface area (Å²) in [6, 6.07) is 0. The first-order valence-corrected chi connectivity index (χ1v) is 12.9. The van der Waals surface area contributed by atoms with Crippen molar-refractivity contribution in [2.45, 2.75) is 137 Å². The second kappa shape index (κ2) is 19.1. The van der Waals surface area contributed by atoms with Gasteiger partial charge in [0.05, 0.1) is 26.1 Å². The van der Waals surface area contributed by atoms with Crippen molar-refractivity contribution in [2.24, 2.45) is 0 Å². The number of rotatable bonds is 22. The molecule has 0 radical (unpaired) electrons. The standard InChI is InChI=1S/C26H52O4/c1-7-13-15-16-17-18-20-25(19-9-3,27-24-14-8-2)26(28-21-10-4,29-22-11-5)30-23-12-6/h14,24H,7-13,15-23H2,1-6H3. The van der Waals surface area contributed by atoms with Crippen LogP contribution in [0.25, 0.3) is 0 Å². The average Bonchev–Trinajstić information content (AvgIpc) is 2.76. The van der Waals surface area contributed by atoms with Crippen LogP contribution in [0.1, 0.15) is 125 Å². The van der Waals surface area contributed by atoms with Crippen molar-refractivity contribution in [2.75, 3.05) is 19.8 Å². The minimum atomic E-state index is -1.16. The monoisotopic (exact) mass is 428 g/mol. The molecule has 0 saturated carbocycles. The van der Waals surface area contributed by atoms with Gasteiger partial charge in [-0.25, -0.2) is 0 Å². The van der Waals surface area contributed by atoms with E-state index in [9.17, 15) is 0 Å². The van der Waals surface area contributed by atoms with E-state index < -0.39 is 11.6 Å². The third-order valence-electron chi connectivity index (χ3n) is 5.26. The first kappa shape index (κ1) is 29.4.